The number of amides is 1. The quantitative estimate of drug-likeness (QED) is 0.364. The Morgan fingerprint density at radius 2 is 1.50 bits per heavy atom. The van der Waals surface area contributed by atoms with Gasteiger partial charge >= 0.3 is 10.2 Å². The zero-order valence-electron chi connectivity index (χ0n) is 20.9. The molecule has 10 nitrogen and oxygen atoms in total. The van der Waals surface area contributed by atoms with E-state index in [1.54, 1.807) is 24.3 Å². The van der Waals surface area contributed by atoms with Crippen LogP contribution in [-0.4, -0.2) is 60.0 Å². The molecule has 1 aliphatic rings. The van der Waals surface area contributed by atoms with Gasteiger partial charge < -0.3 is 10.1 Å². The van der Waals surface area contributed by atoms with Gasteiger partial charge in [0.2, 0.25) is 5.91 Å². The number of anilines is 3. The molecule has 0 aromatic heterocycles. The van der Waals surface area contributed by atoms with E-state index in [-0.39, 0.29) is 29.4 Å². The summed E-state index contributed by atoms with van der Waals surface area (Å²) in [4.78, 5) is 12.1. The third kappa shape index (κ3) is 6.07. The highest BCUT2D eigenvalue weighted by Crippen LogP contribution is 2.31. The van der Waals surface area contributed by atoms with Gasteiger partial charge in [0.25, 0.3) is 10.0 Å². The maximum atomic E-state index is 13.3. The fourth-order valence-electron chi connectivity index (χ4n) is 3.79. The molecule has 0 unspecified atom stereocenters. The topological polar surface area (TPSA) is 134 Å². The molecule has 3 N–H and O–H groups in total. The summed E-state index contributed by atoms with van der Waals surface area (Å²) in [6, 6.07) is 15.3. The van der Waals surface area contributed by atoms with E-state index in [1.165, 1.54) is 54.6 Å². The standard InChI is InChI=1S/C25H29FN4O6S2/c1-25(2,17-26)24(31)27-18-9-11-19(12-10-18)28-37(32,33)23-8-4-5-20-21(23)6-3-7-22(20)29-38(34,35)30-13-15-36-16-14-30/h3-12,28-29H,13-17H2,1-2H3,(H,27,31). The zero-order chi connectivity index (χ0) is 27.6. The van der Waals surface area contributed by atoms with Crippen LogP contribution >= 0.6 is 0 Å². The Labute approximate surface area is 221 Å². The lowest BCUT2D eigenvalue weighted by molar-refractivity contribution is -0.124. The molecule has 3 aromatic carbocycles. The van der Waals surface area contributed by atoms with Crippen LogP contribution in [0.4, 0.5) is 21.5 Å². The minimum atomic E-state index is -4.08. The van der Waals surface area contributed by atoms with Crippen molar-refractivity contribution in [3.05, 3.63) is 60.7 Å². The number of ether oxygens (including phenoxy) is 1. The molecule has 0 radical (unpaired) electrons. The Hall–Kier alpha value is -3.26. The maximum Gasteiger partial charge on any atom is 0.301 e. The van der Waals surface area contributed by atoms with E-state index in [1.807, 2.05) is 0 Å². The third-order valence-electron chi connectivity index (χ3n) is 6.06. The molecule has 4 rings (SSSR count). The molecule has 1 saturated heterocycles. The monoisotopic (exact) mass is 564 g/mol. The number of morpholine rings is 1. The fraction of sp³-hybridized carbons (Fsp3) is 0.320. The van der Waals surface area contributed by atoms with Crippen molar-refractivity contribution in [3.8, 4) is 0 Å². The molecule has 38 heavy (non-hydrogen) atoms. The van der Waals surface area contributed by atoms with Crippen molar-refractivity contribution in [3.63, 3.8) is 0 Å². The average Bonchev–Trinajstić information content (AvgIpc) is 2.90. The number of carbonyl (C=O) groups excluding carboxylic acids is 1. The van der Waals surface area contributed by atoms with E-state index in [0.29, 0.717) is 29.7 Å². The molecule has 1 fully saturated rings. The van der Waals surface area contributed by atoms with Crippen LogP contribution in [0.3, 0.4) is 0 Å². The second kappa shape index (κ2) is 10.8. The van der Waals surface area contributed by atoms with E-state index in [9.17, 15) is 26.0 Å². The smallest absolute Gasteiger partial charge is 0.301 e. The van der Waals surface area contributed by atoms with E-state index >= 15 is 0 Å². The van der Waals surface area contributed by atoms with Crippen LogP contribution < -0.4 is 14.8 Å². The van der Waals surface area contributed by atoms with Gasteiger partial charge in [0.05, 0.1) is 29.2 Å². The first kappa shape index (κ1) is 27.8. The number of nitrogens with zero attached hydrogens (tertiary/aromatic N) is 1. The Balaban J connectivity index is 1.57. The van der Waals surface area contributed by atoms with Crippen molar-refractivity contribution < 1.29 is 30.8 Å². The second-order valence-electron chi connectivity index (χ2n) is 9.43. The summed E-state index contributed by atoms with van der Waals surface area (Å²) in [5.41, 5.74) is -0.303. The number of sulfonamides is 1. The molecule has 1 heterocycles. The summed E-state index contributed by atoms with van der Waals surface area (Å²) in [6.45, 7) is 3.18. The van der Waals surface area contributed by atoms with Crippen molar-refractivity contribution in [2.75, 3.05) is 47.7 Å². The Morgan fingerprint density at radius 1 is 0.895 bits per heavy atom. The Kier molecular flexibility index (Phi) is 7.93. The van der Waals surface area contributed by atoms with Crippen molar-refractivity contribution in [1.82, 2.24) is 4.31 Å². The number of benzene rings is 3. The van der Waals surface area contributed by atoms with E-state index in [2.05, 4.69) is 14.8 Å². The molecule has 13 heteroatoms. The number of nitrogens with one attached hydrogen (secondary N) is 3. The normalized spacial score (nSPS) is 15.2. The van der Waals surface area contributed by atoms with Crippen molar-refractivity contribution in [2.45, 2.75) is 18.7 Å². The lowest BCUT2D eigenvalue weighted by Gasteiger charge is -2.26. The molecule has 0 atom stereocenters. The maximum absolute atomic E-state index is 13.3. The highest BCUT2D eigenvalue weighted by molar-refractivity contribution is 7.93. The molecule has 0 saturated carbocycles. The lowest BCUT2D eigenvalue weighted by atomic mass is 9.94. The molecule has 1 aliphatic heterocycles. The van der Waals surface area contributed by atoms with Gasteiger partial charge in [-0.2, -0.15) is 12.7 Å². The summed E-state index contributed by atoms with van der Waals surface area (Å²) >= 11 is 0. The Morgan fingerprint density at radius 3 is 2.16 bits per heavy atom. The van der Waals surface area contributed by atoms with Gasteiger partial charge in [-0.3, -0.25) is 14.2 Å². The van der Waals surface area contributed by atoms with Crippen LogP contribution in [0.2, 0.25) is 0 Å². The summed E-state index contributed by atoms with van der Waals surface area (Å²) in [5.74, 6) is -0.496. The molecule has 3 aromatic rings. The number of alkyl halides is 1. The summed E-state index contributed by atoms with van der Waals surface area (Å²) in [6.07, 6.45) is 0. The van der Waals surface area contributed by atoms with Crippen LogP contribution in [-0.2, 0) is 29.8 Å². The highest BCUT2D eigenvalue weighted by Gasteiger charge is 2.28. The van der Waals surface area contributed by atoms with Gasteiger partial charge in [-0.15, -0.1) is 0 Å². The minimum absolute atomic E-state index is 0.0375. The van der Waals surface area contributed by atoms with E-state index in [4.69, 9.17) is 4.74 Å². The second-order valence-corrected chi connectivity index (χ2v) is 12.8. The van der Waals surface area contributed by atoms with Gasteiger partial charge in [0, 0.05) is 35.2 Å². The van der Waals surface area contributed by atoms with Crippen LogP contribution in [0.5, 0.6) is 0 Å². The average molecular weight is 565 g/mol. The molecule has 204 valence electrons. The van der Waals surface area contributed by atoms with Crippen molar-refractivity contribution in [1.29, 1.82) is 0 Å². The first-order valence-electron chi connectivity index (χ1n) is 11.8. The van der Waals surface area contributed by atoms with E-state index < -0.39 is 38.2 Å². The predicted octanol–water partition coefficient (Wildman–Crippen LogP) is 3.56. The van der Waals surface area contributed by atoms with Gasteiger partial charge in [-0.05, 0) is 50.2 Å². The first-order chi connectivity index (χ1) is 17.9. The summed E-state index contributed by atoms with van der Waals surface area (Å²) < 4.78 is 77.0. The largest absolute Gasteiger partial charge is 0.379 e. The fourth-order valence-corrected chi connectivity index (χ4v) is 6.28. The molecular formula is C25H29FN4O6S2. The van der Waals surface area contributed by atoms with Gasteiger partial charge in [-0.25, -0.2) is 12.8 Å². The molecule has 1 amide bonds. The van der Waals surface area contributed by atoms with Crippen LogP contribution in [0.25, 0.3) is 10.8 Å². The van der Waals surface area contributed by atoms with Crippen molar-refractivity contribution in [2.24, 2.45) is 5.41 Å². The molecule has 0 bridgehead atoms. The van der Waals surface area contributed by atoms with E-state index in [0.717, 1.165) is 0 Å². The number of rotatable bonds is 9. The first-order valence-corrected chi connectivity index (χ1v) is 14.7. The van der Waals surface area contributed by atoms with Gasteiger partial charge in [-0.1, -0.05) is 24.3 Å². The molecule has 0 spiro atoms. The predicted molar refractivity (Wildman–Crippen MR) is 145 cm³/mol. The lowest BCUT2D eigenvalue weighted by Crippen LogP contribution is -2.43. The highest BCUT2D eigenvalue weighted by atomic mass is 32.2. The number of hydrogen-bond acceptors (Lipinski definition) is 6. The van der Waals surface area contributed by atoms with Crippen LogP contribution in [0.1, 0.15) is 13.8 Å². The van der Waals surface area contributed by atoms with Crippen LogP contribution in [0.15, 0.2) is 65.6 Å². The summed E-state index contributed by atoms with van der Waals surface area (Å²) in [5, 5.41) is 3.36. The number of fused-ring (bicyclic) bond motifs is 1. The molecular weight excluding hydrogens is 535 g/mol. The minimum Gasteiger partial charge on any atom is -0.379 e. The summed E-state index contributed by atoms with van der Waals surface area (Å²) in [7, 11) is -7.94. The van der Waals surface area contributed by atoms with Gasteiger partial charge in [0.1, 0.15) is 6.67 Å². The van der Waals surface area contributed by atoms with Crippen molar-refractivity contribution >= 4 is 54.0 Å². The third-order valence-corrected chi connectivity index (χ3v) is 9.03. The number of halogens is 1. The number of carbonyl (C=O) groups is 1. The van der Waals surface area contributed by atoms with Gasteiger partial charge in [0.15, 0.2) is 0 Å². The van der Waals surface area contributed by atoms with Crippen LogP contribution in [0, 0.1) is 5.41 Å². The zero-order valence-corrected chi connectivity index (χ0v) is 22.5. The number of hydrogen-bond donors (Lipinski definition) is 3. The Bertz CT molecular complexity index is 1540. The SMILES string of the molecule is CC(C)(CF)C(=O)Nc1ccc(NS(=O)(=O)c2cccc3c(NS(=O)(=O)N4CCOCC4)cccc23)cc1. The molecule has 0 aliphatic carbocycles.